The fourth-order valence-corrected chi connectivity index (χ4v) is 4.41. The van der Waals surface area contributed by atoms with Gasteiger partial charge in [0.2, 0.25) is 0 Å². The molecule has 5 heteroatoms. The molecule has 0 aliphatic heterocycles. The minimum Gasteiger partial charge on any atom is -0.497 e. The molecule has 36 heavy (non-hydrogen) atoms. The van der Waals surface area contributed by atoms with E-state index in [0.29, 0.717) is 30.1 Å². The van der Waals surface area contributed by atoms with Gasteiger partial charge >= 0.3 is 5.97 Å². The van der Waals surface area contributed by atoms with E-state index < -0.39 is 5.97 Å². The maximum Gasteiger partial charge on any atom is 0.304 e. The van der Waals surface area contributed by atoms with Gasteiger partial charge in [0, 0.05) is 12.0 Å². The molecule has 0 saturated heterocycles. The maximum atomic E-state index is 14.9. The average molecular weight is 491 g/mol. The van der Waals surface area contributed by atoms with Crippen LogP contribution < -0.4 is 9.47 Å². The number of methoxy groups -OCH3 is 1. The molecule has 0 radical (unpaired) electrons. The standard InChI is InChI=1S/C31H35FO4/c1-6-7-8-23(18-30(33)34)22-10-12-24(13-11-22)36-20-21-9-15-28(31(2,3)4)26(17-21)27-19-25(35-5)14-16-29(27)32/h9-14,16-17,19,23,28H,6,15,18,20H2,1-5H3,(H,33,34)/t23-,28?/m1/s1. The Morgan fingerprint density at radius 2 is 1.86 bits per heavy atom. The van der Waals surface area contributed by atoms with E-state index in [1.165, 1.54) is 6.07 Å². The van der Waals surface area contributed by atoms with Gasteiger partial charge in [-0.2, -0.15) is 0 Å². The molecule has 0 saturated carbocycles. The highest BCUT2D eigenvalue weighted by molar-refractivity contribution is 5.73. The zero-order chi connectivity index (χ0) is 26.3. The molecule has 2 aromatic rings. The van der Waals surface area contributed by atoms with Gasteiger partial charge in [-0.05, 0) is 64.8 Å². The van der Waals surface area contributed by atoms with Crippen LogP contribution in [0.5, 0.6) is 11.5 Å². The highest BCUT2D eigenvalue weighted by atomic mass is 19.1. The van der Waals surface area contributed by atoms with E-state index in [1.54, 1.807) is 19.2 Å². The summed E-state index contributed by atoms with van der Waals surface area (Å²) in [4.78, 5) is 11.2. The molecule has 0 heterocycles. The third-order valence-electron chi connectivity index (χ3n) is 6.38. The van der Waals surface area contributed by atoms with Crippen molar-refractivity contribution in [2.75, 3.05) is 13.7 Å². The fourth-order valence-electron chi connectivity index (χ4n) is 4.41. The van der Waals surface area contributed by atoms with Gasteiger partial charge in [-0.15, -0.1) is 5.92 Å². The molecule has 0 fully saturated rings. The zero-order valence-electron chi connectivity index (χ0n) is 21.7. The lowest BCUT2D eigenvalue weighted by molar-refractivity contribution is -0.137. The monoisotopic (exact) mass is 490 g/mol. The number of carboxylic acids is 1. The van der Waals surface area contributed by atoms with Crippen molar-refractivity contribution in [1.82, 2.24) is 0 Å². The van der Waals surface area contributed by atoms with Crippen LogP contribution in [0.2, 0.25) is 0 Å². The van der Waals surface area contributed by atoms with Crippen LogP contribution in [-0.4, -0.2) is 24.8 Å². The zero-order valence-corrected chi connectivity index (χ0v) is 21.7. The second-order valence-corrected chi connectivity index (χ2v) is 10.1. The van der Waals surface area contributed by atoms with Crippen LogP contribution >= 0.6 is 0 Å². The first-order chi connectivity index (χ1) is 17.1. The van der Waals surface area contributed by atoms with E-state index in [2.05, 4.69) is 38.7 Å². The Morgan fingerprint density at radius 1 is 1.17 bits per heavy atom. The lowest BCUT2D eigenvalue weighted by Gasteiger charge is -2.35. The molecule has 2 aromatic carbocycles. The third-order valence-corrected chi connectivity index (χ3v) is 6.38. The number of benzene rings is 2. The predicted octanol–water partition coefficient (Wildman–Crippen LogP) is 7.26. The summed E-state index contributed by atoms with van der Waals surface area (Å²) < 4.78 is 26.3. The van der Waals surface area contributed by atoms with Crippen LogP contribution in [0.15, 0.2) is 60.2 Å². The van der Waals surface area contributed by atoms with Crippen molar-refractivity contribution < 1.29 is 23.8 Å². The Balaban J connectivity index is 1.79. The topological polar surface area (TPSA) is 55.8 Å². The van der Waals surface area contributed by atoms with Gasteiger partial charge < -0.3 is 14.6 Å². The van der Waals surface area contributed by atoms with Gasteiger partial charge in [-0.25, -0.2) is 4.39 Å². The lowest BCUT2D eigenvalue weighted by atomic mass is 9.70. The highest BCUT2D eigenvalue weighted by Crippen LogP contribution is 2.44. The Kier molecular flexibility index (Phi) is 8.98. The summed E-state index contributed by atoms with van der Waals surface area (Å²) in [6.45, 7) is 8.79. The molecule has 1 unspecified atom stereocenters. The van der Waals surface area contributed by atoms with Gasteiger partial charge in [0.1, 0.15) is 23.9 Å². The number of carbonyl (C=O) groups is 1. The van der Waals surface area contributed by atoms with Gasteiger partial charge in [0.15, 0.2) is 0 Å². The van der Waals surface area contributed by atoms with E-state index in [0.717, 1.165) is 23.1 Å². The summed E-state index contributed by atoms with van der Waals surface area (Å²) in [6, 6.07) is 12.3. The van der Waals surface area contributed by atoms with Gasteiger partial charge in [0.05, 0.1) is 19.4 Å². The number of halogens is 1. The molecule has 4 nitrogen and oxygen atoms in total. The van der Waals surface area contributed by atoms with E-state index in [1.807, 2.05) is 37.3 Å². The second-order valence-electron chi connectivity index (χ2n) is 10.1. The number of aliphatic carboxylic acids is 1. The van der Waals surface area contributed by atoms with Crippen molar-refractivity contribution in [3.05, 3.63) is 77.1 Å². The summed E-state index contributed by atoms with van der Waals surface area (Å²) in [7, 11) is 1.58. The molecule has 0 bridgehead atoms. The summed E-state index contributed by atoms with van der Waals surface area (Å²) in [5.74, 6) is 5.98. The number of carboxylic acid groups (broad SMARTS) is 1. The normalized spacial score (nSPS) is 16.2. The summed E-state index contributed by atoms with van der Waals surface area (Å²) in [5.41, 5.74) is 3.29. The van der Waals surface area contributed by atoms with Crippen LogP contribution in [-0.2, 0) is 4.79 Å². The molecule has 1 aliphatic rings. The van der Waals surface area contributed by atoms with Crippen LogP contribution in [0, 0.1) is 29.0 Å². The predicted molar refractivity (Wildman–Crippen MR) is 142 cm³/mol. The highest BCUT2D eigenvalue weighted by Gasteiger charge is 2.31. The molecule has 1 aliphatic carbocycles. The Morgan fingerprint density at radius 3 is 2.47 bits per heavy atom. The van der Waals surface area contributed by atoms with E-state index in [-0.39, 0.29) is 29.5 Å². The van der Waals surface area contributed by atoms with E-state index in [4.69, 9.17) is 9.47 Å². The minimum absolute atomic E-state index is 0.0383. The fraction of sp³-hybridized carbons (Fsp3) is 0.387. The van der Waals surface area contributed by atoms with Crippen molar-refractivity contribution in [3.8, 4) is 23.3 Å². The molecular formula is C31H35FO4. The second kappa shape index (κ2) is 11.9. The SMILES string of the molecule is CCC#C[C@H](CC(=O)O)c1ccc(OCC2=CCC(C(C)(C)C)C(c3cc(OC)ccc3F)=C2)cc1. The molecule has 1 N–H and O–H groups in total. The average Bonchev–Trinajstić information content (AvgIpc) is 2.85. The smallest absolute Gasteiger partial charge is 0.304 e. The molecule has 2 atom stereocenters. The first kappa shape index (κ1) is 27.1. The molecule has 0 amide bonds. The third kappa shape index (κ3) is 7.01. The number of allylic oxidation sites excluding steroid dienone is 2. The maximum absolute atomic E-state index is 14.9. The number of rotatable bonds is 8. The Hall–Kier alpha value is -3.52. The summed E-state index contributed by atoms with van der Waals surface area (Å²) in [5, 5.41) is 9.21. The summed E-state index contributed by atoms with van der Waals surface area (Å²) in [6.07, 6.45) is 5.63. The van der Waals surface area contributed by atoms with Crippen molar-refractivity contribution >= 4 is 11.5 Å². The van der Waals surface area contributed by atoms with Gasteiger partial charge in [-0.1, -0.05) is 57.9 Å². The number of ether oxygens (including phenoxy) is 2. The molecule has 0 aromatic heterocycles. The van der Waals surface area contributed by atoms with Crippen molar-refractivity contribution in [2.45, 2.75) is 52.9 Å². The van der Waals surface area contributed by atoms with Crippen molar-refractivity contribution in [1.29, 1.82) is 0 Å². The quantitative estimate of drug-likeness (QED) is 0.396. The van der Waals surface area contributed by atoms with Crippen LogP contribution in [0.1, 0.15) is 64.0 Å². The molecule has 3 rings (SSSR count). The van der Waals surface area contributed by atoms with Gasteiger partial charge in [-0.3, -0.25) is 4.79 Å². The van der Waals surface area contributed by atoms with Crippen molar-refractivity contribution in [2.24, 2.45) is 11.3 Å². The van der Waals surface area contributed by atoms with E-state index >= 15 is 0 Å². The lowest BCUT2D eigenvalue weighted by Crippen LogP contribution is -2.24. The molecule has 0 spiro atoms. The first-order valence-electron chi connectivity index (χ1n) is 12.3. The first-order valence-corrected chi connectivity index (χ1v) is 12.3. The van der Waals surface area contributed by atoms with Crippen LogP contribution in [0.4, 0.5) is 4.39 Å². The van der Waals surface area contributed by atoms with Gasteiger partial charge in [0.25, 0.3) is 0 Å². The number of hydrogen-bond acceptors (Lipinski definition) is 3. The van der Waals surface area contributed by atoms with Crippen LogP contribution in [0.3, 0.4) is 0 Å². The largest absolute Gasteiger partial charge is 0.497 e. The van der Waals surface area contributed by atoms with E-state index in [9.17, 15) is 14.3 Å². The minimum atomic E-state index is -0.876. The Bertz CT molecular complexity index is 1190. The molecular weight excluding hydrogens is 455 g/mol. The van der Waals surface area contributed by atoms with Crippen molar-refractivity contribution in [3.63, 3.8) is 0 Å². The Labute approximate surface area is 213 Å². The van der Waals surface area contributed by atoms with Crippen LogP contribution in [0.25, 0.3) is 5.57 Å². The number of hydrogen-bond donors (Lipinski definition) is 1. The summed E-state index contributed by atoms with van der Waals surface area (Å²) >= 11 is 0. The molecule has 190 valence electrons.